The van der Waals surface area contributed by atoms with Gasteiger partial charge in [-0.1, -0.05) is 113 Å². The van der Waals surface area contributed by atoms with Crippen LogP contribution in [0, 0.1) is 26.0 Å². The van der Waals surface area contributed by atoms with Crippen LogP contribution in [0.25, 0.3) is 22.4 Å². The Hall–Kier alpha value is -6.23. The normalized spacial score (nSPS) is 12.9. The van der Waals surface area contributed by atoms with E-state index in [2.05, 4.69) is 198 Å². The first kappa shape index (κ1) is 42.1. The average Bonchev–Trinajstić information content (AvgIpc) is 3.27. The third-order valence-corrected chi connectivity index (χ3v) is 12.3. The van der Waals surface area contributed by atoms with Gasteiger partial charge in [-0.15, -0.1) is 47.4 Å². The van der Waals surface area contributed by atoms with Crippen LogP contribution in [0.4, 0.5) is 34.1 Å². The fourth-order valence-electron chi connectivity index (χ4n) is 9.03. The molecule has 0 saturated carbocycles. The van der Waals surface area contributed by atoms with Crippen molar-refractivity contribution in [3.63, 3.8) is 0 Å². The molecule has 0 unspecified atom stereocenters. The van der Waals surface area contributed by atoms with Crippen molar-refractivity contribution in [1.29, 1.82) is 0 Å². The standard InChI is InChI=1S/C56H49BN4O.Pt/c1-36-15-16-37(2)45(32-36)38-29-31-58-48(34-38)39-17-27-49-46(33-39)57-47-35-44(62-53-14-9-10-30-59-53)26-28-50(47)61(43-24-20-41(21-25-43)56(6,7)8)52-13-11-12-51(54(52)57)60(49)42-22-18-40(19-23-42)55(3,4)5;/h9-32,34H,1-8H3;/q-2;+2. The summed E-state index contributed by atoms with van der Waals surface area (Å²) >= 11 is 0. The Kier molecular flexibility index (Phi) is 10.8. The molecule has 0 N–H and O–H groups in total. The number of anilines is 6. The van der Waals surface area contributed by atoms with Gasteiger partial charge in [-0.2, -0.15) is 5.46 Å². The molecule has 2 aromatic heterocycles. The zero-order chi connectivity index (χ0) is 42.9. The summed E-state index contributed by atoms with van der Waals surface area (Å²) in [6, 6.07) is 57.9. The topological polar surface area (TPSA) is 41.5 Å². The molecule has 7 heteroatoms. The molecule has 0 amide bonds. The molecule has 4 heterocycles. The van der Waals surface area contributed by atoms with Crippen molar-refractivity contribution in [2.45, 2.75) is 66.2 Å². The molecule has 0 aliphatic carbocycles. The van der Waals surface area contributed by atoms with E-state index in [0.717, 1.165) is 61.9 Å². The van der Waals surface area contributed by atoms with Crippen LogP contribution in [0.5, 0.6) is 11.6 Å². The number of hydrogen-bond acceptors (Lipinski definition) is 5. The van der Waals surface area contributed by atoms with Crippen LogP contribution in [-0.4, -0.2) is 16.7 Å². The van der Waals surface area contributed by atoms with Gasteiger partial charge in [0, 0.05) is 47.0 Å². The number of aromatic nitrogens is 2. The summed E-state index contributed by atoms with van der Waals surface area (Å²) in [5.74, 6) is 1.13. The largest absolute Gasteiger partial charge is 2.00 e. The molecule has 0 radical (unpaired) electrons. The van der Waals surface area contributed by atoms with Crippen molar-refractivity contribution in [3.8, 4) is 34.0 Å². The molecule has 312 valence electrons. The molecule has 5 nitrogen and oxygen atoms in total. The number of benzene rings is 6. The third kappa shape index (κ3) is 7.69. The van der Waals surface area contributed by atoms with Crippen molar-refractivity contribution < 1.29 is 25.8 Å². The molecule has 8 aromatic rings. The predicted octanol–water partition coefficient (Wildman–Crippen LogP) is 12.5. The number of hydrogen-bond donors (Lipinski definition) is 0. The summed E-state index contributed by atoms with van der Waals surface area (Å²) in [5.41, 5.74) is 19.0. The van der Waals surface area contributed by atoms with E-state index in [1.54, 1.807) is 6.20 Å². The third-order valence-electron chi connectivity index (χ3n) is 12.3. The Balaban J connectivity index is 0.00000504. The minimum absolute atomic E-state index is 0. The van der Waals surface area contributed by atoms with Crippen molar-refractivity contribution in [3.05, 3.63) is 186 Å². The van der Waals surface area contributed by atoms with Gasteiger partial charge in [0.2, 0.25) is 12.6 Å². The van der Waals surface area contributed by atoms with Crippen LogP contribution in [-0.2, 0) is 31.9 Å². The molecule has 0 spiro atoms. The second-order valence-electron chi connectivity index (χ2n) is 18.7. The van der Waals surface area contributed by atoms with Crippen LogP contribution < -0.4 is 30.9 Å². The van der Waals surface area contributed by atoms with Gasteiger partial charge in [-0.3, -0.25) is 0 Å². The van der Waals surface area contributed by atoms with Gasteiger partial charge in [0.1, 0.15) is 0 Å². The van der Waals surface area contributed by atoms with E-state index in [4.69, 9.17) is 9.72 Å². The average molecular weight is 1000 g/mol. The van der Waals surface area contributed by atoms with E-state index < -0.39 is 0 Å². The van der Waals surface area contributed by atoms with E-state index in [1.807, 2.05) is 30.5 Å². The maximum Gasteiger partial charge on any atom is 2.00 e. The summed E-state index contributed by atoms with van der Waals surface area (Å²) in [4.78, 5) is 14.3. The Morgan fingerprint density at radius 2 is 1.17 bits per heavy atom. The summed E-state index contributed by atoms with van der Waals surface area (Å²) in [6.07, 6.45) is 3.67. The smallest absolute Gasteiger partial charge is 0.466 e. The van der Waals surface area contributed by atoms with E-state index in [-0.39, 0.29) is 38.6 Å². The van der Waals surface area contributed by atoms with Gasteiger partial charge in [-0.05, 0) is 118 Å². The van der Waals surface area contributed by atoms with E-state index in [9.17, 15) is 0 Å². The minimum atomic E-state index is -0.226. The van der Waals surface area contributed by atoms with Crippen LogP contribution in [0.15, 0.2) is 152 Å². The Morgan fingerprint density at radius 1 is 0.556 bits per heavy atom. The van der Waals surface area contributed by atoms with Crippen LogP contribution in [0.2, 0.25) is 0 Å². The zero-order valence-corrected chi connectivity index (χ0v) is 39.3. The Labute approximate surface area is 387 Å². The molecule has 0 saturated heterocycles. The first-order valence-electron chi connectivity index (χ1n) is 21.5. The fraction of sp³-hybridized carbons (Fsp3) is 0.179. The number of aryl methyl sites for hydroxylation is 2. The van der Waals surface area contributed by atoms with E-state index >= 15 is 0 Å². The first-order valence-corrected chi connectivity index (χ1v) is 21.5. The number of fused-ring (bicyclic) bond motifs is 4. The fourth-order valence-corrected chi connectivity index (χ4v) is 9.03. The number of ether oxygens (including phenoxy) is 1. The monoisotopic (exact) mass is 999 g/mol. The molecule has 63 heavy (non-hydrogen) atoms. The van der Waals surface area contributed by atoms with Gasteiger partial charge in [0.15, 0.2) is 0 Å². The van der Waals surface area contributed by atoms with Crippen LogP contribution in [0.3, 0.4) is 0 Å². The molecule has 2 aliphatic heterocycles. The number of pyridine rings is 2. The second kappa shape index (κ2) is 16.2. The van der Waals surface area contributed by atoms with Crippen LogP contribution in [0.1, 0.15) is 63.8 Å². The molecule has 0 bridgehead atoms. The van der Waals surface area contributed by atoms with Gasteiger partial charge in [0.05, 0.1) is 0 Å². The molecular weight excluding hydrogens is 951 g/mol. The summed E-state index contributed by atoms with van der Waals surface area (Å²) in [6.45, 7) is 17.6. The molecule has 6 aromatic carbocycles. The van der Waals surface area contributed by atoms with Gasteiger partial charge >= 0.3 is 21.1 Å². The summed E-state index contributed by atoms with van der Waals surface area (Å²) in [7, 11) is 0. The van der Waals surface area contributed by atoms with Crippen molar-refractivity contribution >= 4 is 57.2 Å². The van der Waals surface area contributed by atoms with Gasteiger partial charge in [-0.25, -0.2) is 4.98 Å². The van der Waals surface area contributed by atoms with Crippen molar-refractivity contribution in [2.75, 3.05) is 9.80 Å². The molecule has 0 atom stereocenters. The van der Waals surface area contributed by atoms with Gasteiger partial charge < -0.3 is 19.5 Å². The maximum atomic E-state index is 6.44. The second-order valence-corrected chi connectivity index (χ2v) is 18.7. The Morgan fingerprint density at radius 3 is 1.78 bits per heavy atom. The van der Waals surface area contributed by atoms with Crippen molar-refractivity contribution in [1.82, 2.24) is 9.97 Å². The van der Waals surface area contributed by atoms with Gasteiger partial charge in [0.25, 0.3) is 0 Å². The zero-order valence-electron chi connectivity index (χ0n) is 37.0. The summed E-state index contributed by atoms with van der Waals surface area (Å²) in [5, 5.41) is 0. The Bertz CT molecular complexity index is 2980. The quantitative estimate of drug-likeness (QED) is 0.123. The minimum Gasteiger partial charge on any atom is -0.466 e. The molecule has 2 aliphatic rings. The number of nitrogens with zero attached hydrogens (tertiary/aromatic N) is 4. The summed E-state index contributed by atoms with van der Waals surface area (Å²) < 4.78 is 6.44. The van der Waals surface area contributed by atoms with E-state index in [1.165, 1.54) is 33.3 Å². The maximum absolute atomic E-state index is 6.44. The van der Waals surface area contributed by atoms with Crippen LogP contribution >= 0.6 is 0 Å². The molecule has 0 fully saturated rings. The number of rotatable bonds is 6. The first-order chi connectivity index (χ1) is 29.8. The SMILES string of the molecule is Cc1ccc(C)c(-c2ccnc(-c3[c-]c4c(cc3)N(c3ccc(C(C)(C)C)cc3)c3cccc5c3B4c3[c-]c(Oc4ccccn4)ccc3N5c3ccc(C(C)(C)C)cc3)c2)c1.[Pt+2]. The predicted molar refractivity (Wildman–Crippen MR) is 258 cm³/mol. The van der Waals surface area contributed by atoms with Crippen molar-refractivity contribution in [2.24, 2.45) is 0 Å². The van der Waals surface area contributed by atoms with E-state index in [0.29, 0.717) is 11.6 Å². The molecular formula is C56H49BN4OPt. The molecule has 10 rings (SSSR count).